The van der Waals surface area contributed by atoms with Gasteiger partial charge < -0.3 is 0 Å². The summed E-state index contributed by atoms with van der Waals surface area (Å²) in [6.45, 7) is 1.91. The third-order valence-electron chi connectivity index (χ3n) is 2.48. The molecular weight excluding hydrogens is 195 g/mol. The van der Waals surface area contributed by atoms with E-state index in [0.717, 1.165) is 18.3 Å². The Labute approximate surface area is 85.5 Å². The molecule has 0 unspecified atom stereocenters. The van der Waals surface area contributed by atoms with E-state index in [1.165, 1.54) is 0 Å². The first-order chi connectivity index (χ1) is 6.64. The van der Waals surface area contributed by atoms with Gasteiger partial charge in [-0.2, -0.15) is 0 Å². The molecule has 1 fully saturated rings. The summed E-state index contributed by atoms with van der Waals surface area (Å²) in [5.41, 5.74) is 0.965. The Kier molecular flexibility index (Phi) is 2.39. The zero-order valence-electron chi connectivity index (χ0n) is 8.10. The van der Waals surface area contributed by atoms with E-state index in [0.29, 0.717) is 4.90 Å². The van der Waals surface area contributed by atoms with E-state index in [1.54, 1.807) is 18.2 Å². The standard InChI is InChI=1S/C10H12BO2S/c1-11-8-3-2-4-10(7-8)14(12,13)9-5-6-9/h2-4,7,9H,5-6H2,1H3. The smallest absolute Gasteiger partial charge is 0.181 e. The maximum Gasteiger partial charge on any atom is 0.181 e. The van der Waals surface area contributed by atoms with E-state index >= 15 is 0 Å². The zero-order chi connectivity index (χ0) is 10.2. The second-order valence-corrected chi connectivity index (χ2v) is 5.83. The summed E-state index contributed by atoms with van der Waals surface area (Å²) >= 11 is 0. The number of benzene rings is 1. The molecule has 0 N–H and O–H groups in total. The molecule has 14 heavy (non-hydrogen) atoms. The fourth-order valence-corrected chi connectivity index (χ4v) is 3.15. The molecule has 4 heteroatoms. The van der Waals surface area contributed by atoms with Crippen molar-refractivity contribution in [2.24, 2.45) is 0 Å². The lowest BCUT2D eigenvalue weighted by atomic mass is 9.74. The Bertz CT molecular complexity index is 435. The van der Waals surface area contributed by atoms with Gasteiger partial charge in [0.15, 0.2) is 9.84 Å². The Balaban J connectivity index is 2.40. The van der Waals surface area contributed by atoms with Crippen LogP contribution in [0, 0.1) is 0 Å². The Morgan fingerprint density at radius 2 is 2.07 bits per heavy atom. The molecule has 0 amide bonds. The minimum atomic E-state index is -3.02. The zero-order valence-corrected chi connectivity index (χ0v) is 8.92. The van der Waals surface area contributed by atoms with Gasteiger partial charge in [-0.15, -0.1) is 0 Å². The first-order valence-electron chi connectivity index (χ1n) is 4.78. The van der Waals surface area contributed by atoms with Gasteiger partial charge in [0.1, 0.15) is 7.28 Å². The van der Waals surface area contributed by atoms with Crippen LogP contribution >= 0.6 is 0 Å². The topological polar surface area (TPSA) is 34.1 Å². The molecule has 0 bridgehead atoms. The minimum absolute atomic E-state index is 0.116. The average Bonchev–Trinajstić information content (AvgIpc) is 3.01. The first-order valence-corrected chi connectivity index (χ1v) is 6.32. The fraction of sp³-hybridized carbons (Fsp3) is 0.400. The molecule has 0 aromatic heterocycles. The van der Waals surface area contributed by atoms with E-state index in [9.17, 15) is 8.42 Å². The highest BCUT2D eigenvalue weighted by Gasteiger charge is 2.36. The van der Waals surface area contributed by atoms with Gasteiger partial charge in [0.2, 0.25) is 0 Å². The Hall–Kier alpha value is -0.765. The van der Waals surface area contributed by atoms with Crippen LogP contribution in [0.5, 0.6) is 0 Å². The summed E-state index contributed by atoms with van der Waals surface area (Å²) in [6, 6.07) is 7.13. The molecule has 73 valence electrons. The molecule has 1 saturated carbocycles. The van der Waals surface area contributed by atoms with Crippen molar-refractivity contribution in [3.8, 4) is 0 Å². The SMILES string of the molecule is C[B]c1cccc(S(=O)(=O)C2CC2)c1. The van der Waals surface area contributed by atoms with Crippen LogP contribution in [-0.4, -0.2) is 20.9 Å². The Morgan fingerprint density at radius 1 is 1.36 bits per heavy atom. The number of hydrogen-bond donors (Lipinski definition) is 0. The number of hydrogen-bond acceptors (Lipinski definition) is 2. The van der Waals surface area contributed by atoms with Gasteiger partial charge in [0, 0.05) is 0 Å². The van der Waals surface area contributed by atoms with Crippen LogP contribution in [0.2, 0.25) is 6.82 Å². The molecule has 1 aromatic rings. The van der Waals surface area contributed by atoms with Crippen molar-refractivity contribution in [1.82, 2.24) is 0 Å². The molecule has 2 rings (SSSR count). The van der Waals surface area contributed by atoms with Crippen molar-refractivity contribution < 1.29 is 8.42 Å². The quantitative estimate of drug-likeness (QED) is 0.693. The highest BCUT2D eigenvalue weighted by Crippen LogP contribution is 2.32. The average molecular weight is 207 g/mol. The van der Waals surface area contributed by atoms with Gasteiger partial charge in [0.05, 0.1) is 10.1 Å². The van der Waals surface area contributed by atoms with E-state index in [1.807, 2.05) is 20.2 Å². The molecule has 0 atom stereocenters. The van der Waals surface area contributed by atoms with Gasteiger partial charge in [0.25, 0.3) is 0 Å². The molecule has 0 aliphatic heterocycles. The summed E-state index contributed by atoms with van der Waals surface area (Å²) in [5, 5.41) is -0.116. The molecule has 1 aromatic carbocycles. The first kappa shape index (κ1) is 9.78. The van der Waals surface area contributed by atoms with Crippen LogP contribution in [0.4, 0.5) is 0 Å². The molecular formula is C10H12BO2S. The van der Waals surface area contributed by atoms with Crippen LogP contribution in [0.3, 0.4) is 0 Å². The predicted molar refractivity (Wildman–Crippen MR) is 57.9 cm³/mol. The highest BCUT2D eigenvalue weighted by atomic mass is 32.2. The van der Waals surface area contributed by atoms with E-state index < -0.39 is 9.84 Å². The summed E-state index contributed by atoms with van der Waals surface area (Å²) in [7, 11) is -1.11. The summed E-state index contributed by atoms with van der Waals surface area (Å²) in [6.07, 6.45) is 1.64. The molecule has 0 spiro atoms. The van der Waals surface area contributed by atoms with Crippen LogP contribution in [-0.2, 0) is 9.84 Å². The monoisotopic (exact) mass is 207 g/mol. The molecule has 1 aliphatic rings. The largest absolute Gasteiger partial charge is 0.223 e. The van der Waals surface area contributed by atoms with Gasteiger partial charge in [-0.05, 0) is 25.0 Å². The van der Waals surface area contributed by atoms with Crippen molar-refractivity contribution in [3.05, 3.63) is 24.3 Å². The summed E-state index contributed by atoms with van der Waals surface area (Å²) < 4.78 is 23.7. The summed E-state index contributed by atoms with van der Waals surface area (Å²) in [4.78, 5) is 0.468. The van der Waals surface area contributed by atoms with E-state index in [-0.39, 0.29) is 5.25 Å². The normalized spacial score (nSPS) is 16.6. The van der Waals surface area contributed by atoms with Crippen molar-refractivity contribution in [2.75, 3.05) is 0 Å². The molecule has 0 heterocycles. The highest BCUT2D eigenvalue weighted by molar-refractivity contribution is 7.92. The molecule has 1 aliphatic carbocycles. The maximum absolute atomic E-state index is 11.8. The van der Waals surface area contributed by atoms with E-state index in [2.05, 4.69) is 0 Å². The van der Waals surface area contributed by atoms with Crippen molar-refractivity contribution >= 4 is 22.6 Å². The third-order valence-corrected chi connectivity index (χ3v) is 4.74. The van der Waals surface area contributed by atoms with Gasteiger partial charge in [-0.1, -0.05) is 24.4 Å². The van der Waals surface area contributed by atoms with Gasteiger partial charge >= 0.3 is 0 Å². The van der Waals surface area contributed by atoms with Crippen LogP contribution in [0.25, 0.3) is 0 Å². The lowest BCUT2D eigenvalue weighted by molar-refractivity contribution is 0.595. The van der Waals surface area contributed by atoms with Crippen molar-refractivity contribution in [3.63, 3.8) is 0 Å². The number of rotatable bonds is 3. The maximum atomic E-state index is 11.8. The van der Waals surface area contributed by atoms with Crippen molar-refractivity contribution in [1.29, 1.82) is 0 Å². The third kappa shape index (κ3) is 1.71. The minimum Gasteiger partial charge on any atom is -0.223 e. The van der Waals surface area contributed by atoms with Gasteiger partial charge in [-0.3, -0.25) is 0 Å². The number of sulfone groups is 1. The lowest BCUT2D eigenvalue weighted by Crippen LogP contribution is -2.14. The van der Waals surface area contributed by atoms with Crippen LogP contribution < -0.4 is 5.46 Å². The van der Waals surface area contributed by atoms with Crippen molar-refractivity contribution in [2.45, 2.75) is 29.8 Å². The second kappa shape index (κ2) is 3.42. The predicted octanol–water partition coefficient (Wildman–Crippen LogP) is 1.00. The molecule has 1 radical (unpaired) electrons. The van der Waals surface area contributed by atoms with Crippen LogP contribution in [0.15, 0.2) is 29.2 Å². The van der Waals surface area contributed by atoms with E-state index in [4.69, 9.17) is 0 Å². The molecule has 2 nitrogen and oxygen atoms in total. The second-order valence-electron chi connectivity index (χ2n) is 3.61. The molecule has 0 saturated heterocycles. The fourth-order valence-electron chi connectivity index (χ4n) is 1.44. The van der Waals surface area contributed by atoms with Crippen LogP contribution in [0.1, 0.15) is 12.8 Å². The van der Waals surface area contributed by atoms with Gasteiger partial charge in [-0.25, -0.2) is 8.42 Å². The lowest BCUT2D eigenvalue weighted by Gasteiger charge is -2.03. The Morgan fingerprint density at radius 3 is 2.64 bits per heavy atom. The summed E-state index contributed by atoms with van der Waals surface area (Å²) in [5.74, 6) is 0.